The molecule has 0 fully saturated rings. The molecule has 7 nitrogen and oxygen atoms in total. The van der Waals surface area contributed by atoms with Gasteiger partial charge in [-0.3, -0.25) is 9.48 Å². The summed E-state index contributed by atoms with van der Waals surface area (Å²) in [7, 11) is 1.89. The summed E-state index contributed by atoms with van der Waals surface area (Å²) in [5.74, 6) is -0.138. The number of benzene rings is 1. The maximum absolute atomic E-state index is 12.2. The van der Waals surface area contributed by atoms with Gasteiger partial charge in [0.2, 0.25) is 5.91 Å². The van der Waals surface area contributed by atoms with Crippen LogP contribution in [0.2, 0.25) is 0 Å². The molecule has 0 bridgehead atoms. The first-order chi connectivity index (χ1) is 12.5. The van der Waals surface area contributed by atoms with E-state index in [0.29, 0.717) is 0 Å². The summed E-state index contributed by atoms with van der Waals surface area (Å²) in [6.45, 7) is 5.87. The van der Waals surface area contributed by atoms with E-state index in [1.807, 2.05) is 62.8 Å². The van der Waals surface area contributed by atoms with Crippen molar-refractivity contribution in [1.82, 2.24) is 29.9 Å². The minimum absolute atomic E-state index is 0.104. The standard InChI is InChI=1S/C19H22N6O/c1-13(16-5-7-17(8-6-16)25-12-20-11-21-25)22-19(26)10-9-18-14(2)23-24(4)15(18)3/h5-13H,1-4H3,(H,22,26)/b10-9+. The minimum Gasteiger partial charge on any atom is -0.346 e. The largest absolute Gasteiger partial charge is 0.346 e. The molecule has 1 atom stereocenters. The van der Waals surface area contributed by atoms with Gasteiger partial charge in [-0.25, -0.2) is 9.67 Å². The van der Waals surface area contributed by atoms with Crippen molar-refractivity contribution in [2.24, 2.45) is 7.05 Å². The molecular weight excluding hydrogens is 328 g/mol. The SMILES string of the molecule is Cc1nn(C)c(C)c1/C=C/C(=O)NC(C)c1ccc(-n2cncn2)cc1. The lowest BCUT2D eigenvalue weighted by Crippen LogP contribution is -2.24. The van der Waals surface area contributed by atoms with Crippen LogP contribution in [0.5, 0.6) is 0 Å². The van der Waals surface area contributed by atoms with Crippen molar-refractivity contribution in [3.63, 3.8) is 0 Å². The Kier molecular flexibility index (Phi) is 4.97. The molecule has 0 saturated carbocycles. The highest BCUT2D eigenvalue weighted by Gasteiger charge is 2.10. The highest BCUT2D eigenvalue weighted by Crippen LogP contribution is 2.16. The molecule has 3 rings (SSSR count). The van der Waals surface area contributed by atoms with Gasteiger partial charge >= 0.3 is 0 Å². The van der Waals surface area contributed by atoms with E-state index in [1.165, 1.54) is 6.33 Å². The molecule has 7 heteroatoms. The first-order valence-electron chi connectivity index (χ1n) is 8.39. The summed E-state index contributed by atoms with van der Waals surface area (Å²) < 4.78 is 3.50. The third-order valence-corrected chi connectivity index (χ3v) is 4.40. The maximum atomic E-state index is 12.2. The third kappa shape index (κ3) is 3.72. The van der Waals surface area contributed by atoms with Crippen molar-refractivity contribution in [2.45, 2.75) is 26.8 Å². The van der Waals surface area contributed by atoms with Gasteiger partial charge in [-0.05, 0) is 44.5 Å². The first kappa shape index (κ1) is 17.6. The van der Waals surface area contributed by atoms with Gasteiger partial charge in [-0.2, -0.15) is 10.2 Å². The molecule has 0 spiro atoms. The second kappa shape index (κ2) is 7.35. The smallest absolute Gasteiger partial charge is 0.244 e. The molecule has 1 amide bonds. The first-order valence-corrected chi connectivity index (χ1v) is 8.39. The van der Waals surface area contributed by atoms with Crippen molar-refractivity contribution < 1.29 is 4.79 Å². The Morgan fingerprint density at radius 3 is 2.54 bits per heavy atom. The summed E-state index contributed by atoms with van der Waals surface area (Å²) in [6, 6.07) is 7.74. The molecule has 2 heterocycles. The van der Waals surface area contributed by atoms with Crippen LogP contribution in [-0.2, 0) is 11.8 Å². The van der Waals surface area contributed by atoms with Crippen LogP contribution in [0.3, 0.4) is 0 Å². The number of carbonyl (C=O) groups is 1. The van der Waals surface area contributed by atoms with Crippen LogP contribution in [0.4, 0.5) is 0 Å². The van der Waals surface area contributed by atoms with Crippen LogP contribution < -0.4 is 5.32 Å². The third-order valence-electron chi connectivity index (χ3n) is 4.40. The number of hydrogen-bond donors (Lipinski definition) is 1. The Bertz CT molecular complexity index is 922. The molecule has 0 aliphatic heterocycles. The van der Waals surface area contributed by atoms with Gasteiger partial charge in [0, 0.05) is 24.4 Å². The molecule has 1 N–H and O–H groups in total. The number of nitrogens with one attached hydrogen (secondary N) is 1. The van der Waals surface area contributed by atoms with Crippen LogP contribution in [0.25, 0.3) is 11.8 Å². The molecule has 1 unspecified atom stereocenters. The average molecular weight is 350 g/mol. The maximum Gasteiger partial charge on any atom is 0.244 e. The number of amides is 1. The fourth-order valence-electron chi connectivity index (χ4n) is 2.79. The molecular formula is C19H22N6O. The Morgan fingerprint density at radius 1 is 1.23 bits per heavy atom. The van der Waals surface area contributed by atoms with E-state index in [4.69, 9.17) is 0 Å². The predicted molar refractivity (Wildman–Crippen MR) is 99.6 cm³/mol. The highest BCUT2D eigenvalue weighted by molar-refractivity contribution is 5.92. The van der Waals surface area contributed by atoms with Crippen LogP contribution in [0.15, 0.2) is 43.0 Å². The Balaban J connectivity index is 1.64. The normalized spacial score (nSPS) is 12.5. The summed E-state index contributed by atoms with van der Waals surface area (Å²) >= 11 is 0. The lowest BCUT2D eigenvalue weighted by molar-refractivity contribution is -0.117. The van der Waals surface area contributed by atoms with Crippen molar-refractivity contribution in [1.29, 1.82) is 0 Å². The topological polar surface area (TPSA) is 77.6 Å². The van der Waals surface area contributed by atoms with Crippen LogP contribution in [-0.4, -0.2) is 30.5 Å². The molecule has 0 aliphatic carbocycles. The lowest BCUT2D eigenvalue weighted by Gasteiger charge is -2.13. The molecule has 26 heavy (non-hydrogen) atoms. The molecule has 134 valence electrons. The number of nitrogens with zero attached hydrogens (tertiary/aromatic N) is 5. The lowest BCUT2D eigenvalue weighted by atomic mass is 10.1. The van der Waals surface area contributed by atoms with Gasteiger partial charge in [0.25, 0.3) is 0 Å². The Morgan fingerprint density at radius 2 is 1.96 bits per heavy atom. The van der Waals surface area contributed by atoms with Gasteiger partial charge < -0.3 is 5.32 Å². The van der Waals surface area contributed by atoms with Crippen LogP contribution in [0.1, 0.15) is 35.5 Å². The van der Waals surface area contributed by atoms with Crippen LogP contribution >= 0.6 is 0 Å². The minimum atomic E-state index is -0.138. The number of hydrogen-bond acceptors (Lipinski definition) is 4. The Hall–Kier alpha value is -3.22. The van der Waals surface area contributed by atoms with Gasteiger partial charge in [-0.1, -0.05) is 12.1 Å². The highest BCUT2D eigenvalue weighted by atomic mass is 16.1. The van der Waals surface area contributed by atoms with Crippen molar-refractivity contribution >= 4 is 12.0 Å². The number of aryl methyl sites for hydroxylation is 2. The van der Waals surface area contributed by atoms with E-state index in [2.05, 4.69) is 20.5 Å². The van der Waals surface area contributed by atoms with Crippen molar-refractivity contribution in [3.8, 4) is 5.69 Å². The molecule has 0 radical (unpaired) electrons. The fourth-order valence-corrected chi connectivity index (χ4v) is 2.79. The molecule has 0 aliphatic rings. The van der Waals surface area contributed by atoms with E-state index >= 15 is 0 Å². The summed E-state index contributed by atoms with van der Waals surface area (Å²) in [5, 5.41) is 11.4. The molecule has 0 saturated heterocycles. The summed E-state index contributed by atoms with van der Waals surface area (Å²) in [5.41, 5.74) is 4.86. The molecule has 1 aromatic carbocycles. The number of aromatic nitrogens is 5. The van der Waals surface area contributed by atoms with E-state index in [1.54, 1.807) is 17.1 Å². The zero-order chi connectivity index (χ0) is 18.7. The fraction of sp³-hybridized carbons (Fsp3) is 0.263. The van der Waals surface area contributed by atoms with Gasteiger partial charge in [0.05, 0.1) is 17.4 Å². The van der Waals surface area contributed by atoms with E-state index in [9.17, 15) is 4.79 Å². The summed E-state index contributed by atoms with van der Waals surface area (Å²) in [4.78, 5) is 16.2. The summed E-state index contributed by atoms with van der Waals surface area (Å²) in [6.07, 6.45) is 6.51. The second-order valence-electron chi connectivity index (χ2n) is 6.20. The molecule has 2 aromatic heterocycles. The molecule has 3 aromatic rings. The van der Waals surface area contributed by atoms with E-state index in [0.717, 1.165) is 28.2 Å². The monoisotopic (exact) mass is 350 g/mol. The second-order valence-corrected chi connectivity index (χ2v) is 6.20. The van der Waals surface area contributed by atoms with Crippen LogP contribution in [0, 0.1) is 13.8 Å². The van der Waals surface area contributed by atoms with Crippen molar-refractivity contribution in [3.05, 3.63) is 65.5 Å². The number of carbonyl (C=O) groups excluding carboxylic acids is 1. The zero-order valence-corrected chi connectivity index (χ0v) is 15.3. The average Bonchev–Trinajstić information content (AvgIpc) is 3.23. The van der Waals surface area contributed by atoms with Gasteiger partial charge in [0.15, 0.2) is 0 Å². The zero-order valence-electron chi connectivity index (χ0n) is 15.3. The van der Waals surface area contributed by atoms with Gasteiger partial charge in [0.1, 0.15) is 12.7 Å². The van der Waals surface area contributed by atoms with E-state index < -0.39 is 0 Å². The predicted octanol–water partition coefficient (Wildman–Crippen LogP) is 2.51. The number of rotatable bonds is 5. The van der Waals surface area contributed by atoms with Crippen molar-refractivity contribution in [2.75, 3.05) is 0 Å². The van der Waals surface area contributed by atoms with Gasteiger partial charge in [-0.15, -0.1) is 0 Å². The quantitative estimate of drug-likeness (QED) is 0.717. The van der Waals surface area contributed by atoms with E-state index in [-0.39, 0.29) is 11.9 Å². The Labute approximate surface area is 152 Å².